The average Bonchev–Trinajstić information content (AvgIpc) is 2.47. The van der Waals surface area contributed by atoms with E-state index in [0.29, 0.717) is 26.9 Å². The first kappa shape index (κ1) is 12.1. The molecule has 0 fully saturated rings. The monoisotopic (exact) mass is 269 g/mol. The van der Waals surface area contributed by atoms with Gasteiger partial charge in [0.15, 0.2) is 5.78 Å². The van der Waals surface area contributed by atoms with Gasteiger partial charge in [0.05, 0.1) is 7.45 Å². The van der Waals surface area contributed by atoms with Gasteiger partial charge in [0.1, 0.15) is 0 Å². The zero-order chi connectivity index (χ0) is 14.8. The number of hydrogen-bond acceptors (Lipinski definition) is 2. The molecule has 1 atom stereocenters. The van der Waals surface area contributed by atoms with Gasteiger partial charge >= 0.3 is 0 Å². The zero-order valence-corrected chi connectivity index (χ0v) is 12.8. The van der Waals surface area contributed by atoms with Crippen molar-refractivity contribution in [3.63, 3.8) is 0 Å². The lowest BCUT2D eigenvalue weighted by Gasteiger charge is -2.15. The standard InChI is InChI=1S/C16H16O2Si/c1-2-13(17)15-12(9-6-10-14(15)19)16(18)11-7-4-3-5-8-11/h2-10,13,17H,1H2,19H3/i13D. The van der Waals surface area contributed by atoms with Crippen molar-refractivity contribution in [2.75, 3.05) is 0 Å². The predicted molar refractivity (Wildman–Crippen MR) is 81.0 cm³/mol. The predicted octanol–water partition coefficient (Wildman–Crippen LogP) is 1.13. The third kappa shape index (κ3) is 2.72. The Bertz CT molecular complexity index is 651. The van der Waals surface area contributed by atoms with Crippen LogP contribution in [-0.4, -0.2) is 21.1 Å². The molecule has 19 heavy (non-hydrogen) atoms. The first-order valence-corrected chi connectivity index (χ1v) is 7.03. The highest BCUT2D eigenvalue weighted by molar-refractivity contribution is 6.34. The minimum absolute atomic E-state index is 0.189. The van der Waals surface area contributed by atoms with Crippen LogP contribution < -0.4 is 5.19 Å². The van der Waals surface area contributed by atoms with Crippen molar-refractivity contribution in [3.05, 3.63) is 77.9 Å². The van der Waals surface area contributed by atoms with Gasteiger partial charge in [-0.2, -0.15) is 0 Å². The van der Waals surface area contributed by atoms with Crippen molar-refractivity contribution in [1.82, 2.24) is 0 Å². The van der Waals surface area contributed by atoms with E-state index in [2.05, 4.69) is 6.58 Å². The molecule has 0 saturated carbocycles. The second-order valence-electron chi connectivity index (χ2n) is 4.28. The fourth-order valence-corrected chi connectivity index (χ4v) is 2.76. The number of benzene rings is 2. The van der Waals surface area contributed by atoms with Gasteiger partial charge in [-0.3, -0.25) is 4.79 Å². The van der Waals surface area contributed by atoms with Gasteiger partial charge in [-0.25, -0.2) is 0 Å². The number of hydrogen-bond donors (Lipinski definition) is 1. The topological polar surface area (TPSA) is 37.3 Å². The molecule has 0 amide bonds. The maximum atomic E-state index is 12.6. The Kier molecular flexibility index (Phi) is 3.67. The molecule has 1 unspecified atom stereocenters. The molecule has 0 aromatic heterocycles. The fourth-order valence-electron chi connectivity index (χ4n) is 2.04. The molecule has 1 N–H and O–H groups in total. The SMILES string of the molecule is [2H]C(O)(C=C)c1c([SiH3])cccc1C(=O)c1ccccc1. The van der Waals surface area contributed by atoms with Gasteiger partial charge in [-0.05, 0) is 5.56 Å². The highest BCUT2D eigenvalue weighted by Gasteiger charge is 2.18. The van der Waals surface area contributed by atoms with E-state index in [1.807, 2.05) is 12.1 Å². The van der Waals surface area contributed by atoms with E-state index in [1.54, 1.807) is 36.4 Å². The molecule has 0 aliphatic heterocycles. The normalized spacial score (nSPS) is 14.5. The van der Waals surface area contributed by atoms with E-state index in [0.717, 1.165) is 11.3 Å². The van der Waals surface area contributed by atoms with Crippen LogP contribution >= 0.6 is 0 Å². The molecule has 2 rings (SSSR count). The van der Waals surface area contributed by atoms with Crippen molar-refractivity contribution in [2.45, 2.75) is 6.08 Å². The lowest BCUT2D eigenvalue weighted by molar-refractivity contribution is 0.103. The molecule has 0 bridgehead atoms. The van der Waals surface area contributed by atoms with Crippen molar-refractivity contribution < 1.29 is 11.3 Å². The molecule has 96 valence electrons. The summed E-state index contributed by atoms with van der Waals surface area (Å²) in [7, 11) is 0.638. The highest BCUT2D eigenvalue weighted by atomic mass is 28.1. The molecule has 0 radical (unpaired) electrons. The van der Waals surface area contributed by atoms with E-state index in [4.69, 9.17) is 1.37 Å². The summed E-state index contributed by atoms with van der Waals surface area (Å²) in [5.74, 6) is -0.189. The summed E-state index contributed by atoms with van der Waals surface area (Å²) < 4.78 is 7.96. The van der Waals surface area contributed by atoms with Crippen LogP contribution in [0.25, 0.3) is 0 Å². The Morgan fingerprint density at radius 1 is 1.26 bits per heavy atom. The van der Waals surface area contributed by atoms with Gasteiger partial charge in [0, 0.05) is 21.4 Å². The second kappa shape index (κ2) is 5.78. The van der Waals surface area contributed by atoms with Crippen LogP contribution in [0.5, 0.6) is 0 Å². The molecule has 0 aliphatic carbocycles. The summed E-state index contributed by atoms with van der Waals surface area (Å²) in [6.45, 7) is 3.49. The van der Waals surface area contributed by atoms with Crippen molar-refractivity contribution in [1.29, 1.82) is 0 Å². The molecular weight excluding hydrogens is 252 g/mol. The maximum Gasteiger partial charge on any atom is 0.193 e. The quantitative estimate of drug-likeness (QED) is 0.513. The number of carbonyl (C=O) groups is 1. The molecule has 0 aliphatic rings. The number of ketones is 1. The lowest BCUT2D eigenvalue weighted by atomic mass is 9.95. The van der Waals surface area contributed by atoms with Crippen LogP contribution in [0.1, 0.15) is 28.9 Å². The van der Waals surface area contributed by atoms with E-state index in [1.165, 1.54) is 0 Å². The number of rotatable bonds is 4. The Hall–Kier alpha value is -1.97. The van der Waals surface area contributed by atoms with Crippen molar-refractivity contribution in [2.24, 2.45) is 0 Å². The van der Waals surface area contributed by atoms with Gasteiger partial charge in [0.25, 0.3) is 0 Å². The van der Waals surface area contributed by atoms with Crippen molar-refractivity contribution >= 4 is 21.2 Å². The van der Waals surface area contributed by atoms with Crippen LogP contribution in [0.15, 0.2) is 61.2 Å². The minimum Gasteiger partial charge on any atom is -0.384 e. The summed E-state index contributed by atoms with van der Waals surface area (Å²) in [6.07, 6.45) is -0.802. The van der Waals surface area contributed by atoms with E-state index >= 15 is 0 Å². The Morgan fingerprint density at radius 3 is 2.58 bits per heavy atom. The third-order valence-electron chi connectivity index (χ3n) is 3.00. The van der Waals surface area contributed by atoms with Gasteiger partial charge in [-0.15, -0.1) is 6.58 Å². The summed E-state index contributed by atoms with van der Waals surface area (Å²) in [6, 6.07) is 14.1. The summed E-state index contributed by atoms with van der Waals surface area (Å²) >= 11 is 0. The molecule has 2 aromatic carbocycles. The lowest BCUT2D eigenvalue weighted by Crippen LogP contribution is -2.19. The minimum atomic E-state index is -1.95. The van der Waals surface area contributed by atoms with Gasteiger partial charge in [-0.1, -0.05) is 59.8 Å². The molecule has 2 nitrogen and oxygen atoms in total. The van der Waals surface area contributed by atoms with Crippen LogP contribution in [-0.2, 0) is 0 Å². The van der Waals surface area contributed by atoms with Gasteiger partial charge < -0.3 is 5.11 Å². The maximum absolute atomic E-state index is 12.6. The molecule has 0 spiro atoms. The molecule has 3 heteroatoms. The van der Waals surface area contributed by atoms with E-state index < -0.39 is 6.08 Å². The smallest absolute Gasteiger partial charge is 0.193 e. The Balaban J connectivity index is 2.61. The summed E-state index contributed by atoms with van der Waals surface area (Å²) in [5, 5.41) is 11.0. The second-order valence-corrected chi connectivity index (χ2v) is 5.36. The Labute approximate surface area is 117 Å². The van der Waals surface area contributed by atoms with Crippen LogP contribution in [0.2, 0.25) is 0 Å². The van der Waals surface area contributed by atoms with Crippen LogP contribution in [0.3, 0.4) is 0 Å². The van der Waals surface area contributed by atoms with Crippen LogP contribution in [0, 0.1) is 0 Å². The van der Waals surface area contributed by atoms with Gasteiger partial charge in [0.2, 0.25) is 0 Å². The fraction of sp³-hybridized carbons (Fsp3) is 0.0625. The first-order valence-electron chi connectivity index (χ1n) is 6.53. The Morgan fingerprint density at radius 2 is 1.95 bits per heavy atom. The zero-order valence-electron chi connectivity index (χ0n) is 11.8. The number of aliphatic hydroxyl groups is 1. The average molecular weight is 269 g/mol. The molecule has 2 aromatic rings. The largest absolute Gasteiger partial charge is 0.384 e. The van der Waals surface area contributed by atoms with E-state index in [9.17, 15) is 9.90 Å². The number of carbonyl (C=O) groups excluding carboxylic acids is 1. The van der Waals surface area contributed by atoms with Crippen molar-refractivity contribution in [3.8, 4) is 0 Å². The summed E-state index contributed by atoms with van der Waals surface area (Å²) in [5.41, 5.74) is 1.25. The third-order valence-corrected chi connectivity index (χ3v) is 3.84. The molecule has 0 heterocycles. The van der Waals surface area contributed by atoms with E-state index in [-0.39, 0.29) is 5.78 Å². The molecular formula is C16H16O2Si. The highest BCUT2D eigenvalue weighted by Crippen LogP contribution is 2.20. The first-order chi connectivity index (χ1) is 9.47. The summed E-state index contributed by atoms with van der Waals surface area (Å²) in [4.78, 5) is 12.6. The molecule has 0 saturated heterocycles. The van der Waals surface area contributed by atoms with Crippen LogP contribution in [0.4, 0.5) is 0 Å².